The van der Waals surface area contributed by atoms with Crippen LogP contribution in [0.1, 0.15) is 27.7 Å². The quantitative estimate of drug-likeness (QED) is 0.300. The van der Waals surface area contributed by atoms with E-state index < -0.39 is 7.82 Å². The number of rotatable bonds is 8. The lowest BCUT2D eigenvalue weighted by atomic mass is 10.5. The molecule has 0 aliphatic rings. The molecule has 0 aromatic heterocycles. The van der Waals surface area contributed by atoms with Gasteiger partial charge in [0, 0.05) is 28.4 Å². The van der Waals surface area contributed by atoms with E-state index in [2.05, 4.69) is 10.6 Å². The van der Waals surface area contributed by atoms with Crippen LogP contribution >= 0.6 is 7.82 Å². The fourth-order valence-electron chi connectivity index (χ4n) is 0.933. The maximum Gasteiger partial charge on any atom is 0.466 e. The first-order chi connectivity index (χ1) is 10.4. The maximum atomic E-state index is 8.88. The summed E-state index contributed by atoms with van der Waals surface area (Å²) in [4.78, 5) is 21.6. The molecule has 0 aliphatic carbocycles. The van der Waals surface area contributed by atoms with Crippen LogP contribution in [0.3, 0.4) is 0 Å². The van der Waals surface area contributed by atoms with Crippen LogP contribution in [0.15, 0.2) is 0 Å². The van der Waals surface area contributed by atoms with Crippen molar-refractivity contribution in [1.82, 2.24) is 10.6 Å². The van der Waals surface area contributed by atoms with Crippen molar-refractivity contribution >= 4 is 7.82 Å². The second kappa shape index (κ2) is 16.7. The molecule has 0 heterocycles. The lowest BCUT2D eigenvalue weighted by molar-refractivity contribution is 0.00757. The maximum absolute atomic E-state index is 8.88. The van der Waals surface area contributed by atoms with Crippen molar-refractivity contribution in [2.75, 3.05) is 28.4 Å². The molecular formula is C12H33N2O8P. The Balaban J connectivity index is -0.000000273. The third-order valence-electron chi connectivity index (χ3n) is 2.35. The molecule has 0 spiro atoms. The molecule has 10 nitrogen and oxygen atoms in total. The number of phosphoric acid groups is 1. The van der Waals surface area contributed by atoms with Crippen LogP contribution < -0.4 is 10.6 Å². The average Bonchev–Trinajstić information content (AvgIpc) is 2.45. The van der Waals surface area contributed by atoms with Crippen LogP contribution in [0.5, 0.6) is 0 Å². The zero-order valence-corrected chi connectivity index (χ0v) is 16.0. The molecule has 0 aromatic carbocycles. The van der Waals surface area contributed by atoms with Gasteiger partial charge in [-0.15, -0.1) is 0 Å². The summed E-state index contributed by atoms with van der Waals surface area (Å²) in [5, 5.41) is 6.07. The summed E-state index contributed by atoms with van der Waals surface area (Å²) in [6, 6.07) is 0. The number of hydrogen-bond acceptors (Lipinski definition) is 7. The minimum atomic E-state index is -4.64. The highest BCUT2D eigenvalue weighted by atomic mass is 31.2. The van der Waals surface area contributed by atoms with E-state index in [-0.39, 0.29) is 24.9 Å². The second-order valence-corrected chi connectivity index (χ2v) is 5.38. The monoisotopic (exact) mass is 364 g/mol. The Morgan fingerprint density at radius 3 is 0.870 bits per heavy atom. The van der Waals surface area contributed by atoms with Gasteiger partial charge in [-0.1, -0.05) is 0 Å². The van der Waals surface area contributed by atoms with E-state index >= 15 is 0 Å². The van der Waals surface area contributed by atoms with Gasteiger partial charge in [-0.2, -0.15) is 0 Å². The summed E-state index contributed by atoms with van der Waals surface area (Å²) >= 11 is 0. The highest BCUT2D eigenvalue weighted by Crippen LogP contribution is 2.25. The van der Waals surface area contributed by atoms with Gasteiger partial charge >= 0.3 is 7.82 Å². The van der Waals surface area contributed by atoms with E-state index in [0.717, 1.165) is 0 Å². The zero-order valence-electron chi connectivity index (χ0n) is 15.1. The van der Waals surface area contributed by atoms with E-state index in [4.69, 9.17) is 38.2 Å². The Labute approximate surface area is 138 Å². The van der Waals surface area contributed by atoms with Crippen molar-refractivity contribution in [3.05, 3.63) is 0 Å². The van der Waals surface area contributed by atoms with Crippen molar-refractivity contribution in [1.29, 1.82) is 0 Å². The van der Waals surface area contributed by atoms with E-state index in [0.29, 0.717) is 0 Å². The summed E-state index contributed by atoms with van der Waals surface area (Å²) in [5.74, 6) is 0. The molecule has 0 saturated carbocycles. The van der Waals surface area contributed by atoms with Crippen LogP contribution in [0.2, 0.25) is 0 Å². The molecule has 4 atom stereocenters. The van der Waals surface area contributed by atoms with Crippen molar-refractivity contribution in [2.24, 2.45) is 0 Å². The van der Waals surface area contributed by atoms with Crippen LogP contribution in [-0.4, -0.2) is 68.0 Å². The minimum absolute atomic E-state index is 0.0555. The molecule has 144 valence electrons. The molecule has 0 fully saturated rings. The van der Waals surface area contributed by atoms with Gasteiger partial charge in [-0.25, -0.2) is 4.57 Å². The summed E-state index contributed by atoms with van der Waals surface area (Å²) in [7, 11) is 1.97. The molecule has 0 aromatic rings. The number of nitrogens with one attached hydrogen (secondary N) is 2. The van der Waals surface area contributed by atoms with E-state index in [1.54, 1.807) is 28.4 Å². The first-order valence-electron chi connectivity index (χ1n) is 6.82. The van der Waals surface area contributed by atoms with Crippen molar-refractivity contribution < 1.29 is 38.2 Å². The van der Waals surface area contributed by atoms with Crippen molar-refractivity contribution in [3.63, 3.8) is 0 Å². The predicted molar refractivity (Wildman–Crippen MR) is 86.4 cm³/mol. The fourth-order valence-corrected chi connectivity index (χ4v) is 0.933. The topological polar surface area (TPSA) is 139 Å². The average molecular weight is 364 g/mol. The molecule has 0 bridgehead atoms. The summed E-state index contributed by atoms with van der Waals surface area (Å²) in [5.41, 5.74) is 0. The van der Waals surface area contributed by atoms with Gasteiger partial charge in [-0.05, 0) is 27.7 Å². The van der Waals surface area contributed by atoms with Crippen LogP contribution in [0.4, 0.5) is 0 Å². The molecular weight excluding hydrogens is 331 g/mol. The van der Waals surface area contributed by atoms with Crippen molar-refractivity contribution in [2.45, 2.75) is 52.6 Å². The lowest BCUT2D eigenvalue weighted by Gasteiger charge is -2.16. The Morgan fingerprint density at radius 1 is 0.652 bits per heavy atom. The fraction of sp³-hybridized carbons (Fsp3) is 1.00. The van der Waals surface area contributed by atoms with Crippen molar-refractivity contribution in [3.8, 4) is 0 Å². The lowest BCUT2D eigenvalue weighted by Crippen LogP contribution is -2.36. The van der Waals surface area contributed by atoms with Gasteiger partial charge in [0.25, 0.3) is 0 Å². The smallest absolute Gasteiger partial charge is 0.367 e. The Hall–Kier alpha value is -0.130. The van der Waals surface area contributed by atoms with E-state index in [9.17, 15) is 0 Å². The summed E-state index contributed by atoms with van der Waals surface area (Å²) in [6.07, 6.45) is 0.222. The van der Waals surface area contributed by atoms with Gasteiger partial charge in [0.05, 0.1) is 0 Å². The standard InChI is InChI=1S/2C6H15NO2.H3O4P/c2*1-5(8-3)7-6(2)9-4;1-5(2,3)4/h2*5-7H,1-4H3;(H3,1,2,3,4). The molecule has 0 aliphatic heterocycles. The number of hydrogen-bond donors (Lipinski definition) is 5. The van der Waals surface area contributed by atoms with Crippen LogP contribution in [0.25, 0.3) is 0 Å². The van der Waals surface area contributed by atoms with Gasteiger partial charge in [0.1, 0.15) is 24.9 Å². The van der Waals surface area contributed by atoms with Gasteiger partial charge < -0.3 is 33.6 Å². The first kappa shape index (κ1) is 27.7. The highest BCUT2D eigenvalue weighted by Gasteiger charge is 2.02. The third-order valence-corrected chi connectivity index (χ3v) is 2.35. The van der Waals surface area contributed by atoms with E-state index in [1.165, 1.54) is 0 Å². The molecule has 0 amide bonds. The second-order valence-electron chi connectivity index (χ2n) is 4.36. The minimum Gasteiger partial charge on any atom is -0.367 e. The largest absolute Gasteiger partial charge is 0.466 e. The van der Waals surface area contributed by atoms with E-state index in [1.807, 2.05) is 27.7 Å². The van der Waals surface area contributed by atoms with Gasteiger partial charge in [0.15, 0.2) is 0 Å². The number of ether oxygens (including phenoxy) is 4. The molecule has 23 heavy (non-hydrogen) atoms. The molecule has 4 unspecified atom stereocenters. The highest BCUT2D eigenvalue weighted by molar-refractivity contribution is 7.45. The molecule has 0 rings (SSSR count). The third kappa shape index (κ3) is 34.3. The molecule has 0 saturated heterocycles. The Kier molecular flexibility index (Phi) is 20.1. The normalized spacial score (nSPS) is 16.1. The number of methoxy groups -OCH3 is 4. The van der Waals surface area contributed by atoms with Crippen LogP contribution in [0, 0.1) is 0 Å². The first-order valence-corrected chi connectivity index (χ1v) is 8.39. The van der Waals surface area contributed by atoms with Gasteiger partial charge in [-0.3, -0.25) is 10.6 Å². The molecule has 11 heteroatoms. The zero-order chi connectivity index (χ0) is 19.1. The predicted octanol–water partition coefficient (Wildman–Crippen LogP) is 0.193. The Bertz CT molecular complexity index is 250. The molecule has 5 N–H and O–H groups in total. The Morgan fingerprint density at radius 2 is 0.783 bits per heavy atom. The van der Waals surface area contributed by atoms with Crippen LogP contribution in [-0.2, 0) is 23.5 Å². The van der Waals surface area contributed by atoms with Gasteiger partial charge in [0.2, 0.25) is 0 Å². The summed E-state index contributed by atoms with van der Waals surface area (Å²) in [6.45, 7) is 7.70. The SMILES string of the molecule is COC(C)NC(C)OC.COC(C)NC(C)OC.O=P(O)(O)O. The molecule has 0 radical (unpaired) electrons. The summed E-state index contributed by atoms with van der Waals surface area (Å²) < 4.78 is 28.6.